The van der Waals surface area contributed by atoms with Gasteiger partial charge in [0.25, 0.3) is 0 Å². The Morgan fingerprint density at radius 3 is 2.58 bits per heavy atom. The second-order valence-electron chi connectivity index (χ2n) is 7.11. The molecule has 0 aliphatic carbocycles. The van der Waals surface area contributed by atoms with Crippen molar-refractivity contribution >= 4 is 45.3 Å². The number of pyridine rings is 1. The summed E-state index contributed by atoms with van der Waals surface area (Å²) in [5, 5.41) is 12.6. The molecule has 1 aromatic heterocycles. The molecule has 0 amide bonds. The van der Waals surface area contributed by atoms with Gasteiger partial charge in [-0.25, -0.2) is 4.98 Å². The first-order valence-corrected chi connectivity index (χ1v) is 10.3. The topological polar surface area (TPSA) is 67.4 Å². The number of thiocarbonyl (C=S) groups is 1. The van der Waals surface area contributed by atoms with E-state index in [0.717, 1.165) is 34.3 Å². The van der Waals surface area contributed by atoms with Gasteiger partial charge in [-0.2, -0.15) is 0 Å². The van der Waals surface area contributed by atoms with Gasteiger partial charge >= 0.3 is 0 Å². The summed E-state index contributed by atoms with van der Waals surface area (Å²) >= 11 is 5.40. The van der Waals surface area contributed by atoms with E-state index in [4.69, 9.17) is 21.7 Å². The van der Waals surface area contributed by atoms with E-state index in [1.165, 1.54) is 10.8 Å². The summed E-state index contributed by atoms with van der Waals surface area (Å²) in [7, 11) is 0. The highest BCUT2D eigenvalue weighted by molar-refractivity contribution is 7.80. The highest BCUT2D eigenvalue weighted by Gasteiger charge is 2.13. The lowest BCUT2D eigenvalue weighted by atomic mass is 10.1. The number of benzene rings is 3. The van der Waals surface area contributed by atoms with Crippen LogP contribution in [0.4, 0.5) is 17.2 Å². The van der Waals surface area contributed by atoms with Crippen LogP contribution in [0, 0.1) is 0 Å². The molecule has 6 nitrogen and oxygen atoms in total. The van der Waals surface area contributed by atoms with Crippen LogP contribution in [0.2, 0.25) is 0 Å². The van der Waals surface area contributed by atoms with Crippen molar-refractivity contribution in [1.29, 1.82) is 0 Å². The Balaban J connectivity index is 1.16. The molecular weight excluding hydrogens is 408 g/mol. The number of rotatable bonds is 5. The Bertz CT molecular complexity index is 1240. The summed E-state index contributed by atoms with van der Waals surface area (Å²) in [4.78, 5) is 4.47. The number of anilines is 3. The Morgan fingerprint density at radius 1 is 0.871 bits per heavy atom. The smallest absolute Gasteiger partial charge is 0.231 e. The minimum absolute atomic E-state index is 0.269. The maximum absolute atomic E-state index is 5.40. The van der Waals surface area contributed by atoms with Crippen molar-refractivity contribution in [2.24, 2.45) is 0 Å². The number of ether oxygens (including phenoxy) is 2. The van der Waals surface area contributed by atoms with Gasteiger partial charge < -0.3 is 25.4 Å². The van der Waals surface area contributed by atoms with E-state index in [2.05, 4.69) is 45.2 Å². The molecule has 1 aliphatic rings. The Kier molecular flexibility index (Phi) is 5.24. The first-order chi connectivity index (χ1) is 15.2. The zero-order valence-electron chi connectivity index (χ0n) is 16.6. The predicted octanol–water partition coefficient (Wildman–Crippen LogP) is 5.19. The van der Waals surface area contributed by atoms with E-state index in [1.54, 1.807) is 6.20 Å². The van der Waals surface area contributed by atoms with Gasteiger partial charge in [-0.1, -0.05) is 36.4 Å². The summed E-state index contributed by atoms with van der Waals surface area (Å²) in [6.45, 7) is 0.850. The van der Waals surface area contributed by atoms with Gasteiger partial charge in [-0.3, -0.25) is 0 Å². The van der Waals surface area contributed by atoms with Crippen molar-refractivity contribution in [3.05, 3.63) is 84.6 Å². The predicted molar refractivity (Wildman–Crippen MR) is 127 cm³/mol. The zero-order valence-corrected chi connectivity index (χ0v) is 17.4. The third-order valence-corrected chi connectivity index (χ3v) is 5.18. The van der Waals surface area contributed by atoms with Crippen molar-refractivity contribution in [2.45, 2.75) is 6.54 Å². The fraction of sp³-hybridized carbons (Fsp3) is 0.0833. The number of nitrogens with one attached hydrogen (secondary N) is 3. The highest BCUT2D eigenvalue weighted by Crippen LogP contribution is 2.32. The van der Waals surface area contributed by atoms with Gasteiger partial charge in [0.2, 0.25) is 6.79 Å². The van der Waals surface area contributed by atoms with Crippen LogP contribution in [0.15, 0.2) is 79.0 Å². The second kappa shape index (κ2) is 8.49. The standard InChI is InChI=1S/C24H20N4O2S/c31-24(26-13-16-5-9-21-22(11-16)30-15-29-21)28-20-8-10-23(25-14-20)27-19-7-6-17-3-1-2-4-18(17)12-19/h1-12,14H,13,15H2,(H,25,27)(H2,26,28,31). The van der Waals surface area contributed by atoms with Crippen LogP contribution in [0.1, 0.15) is 5.56 Å². The average molecular weight is 429 g/mol. The van der Waals surface area contributed by atoms with Crippen LogP contribution < -0.4 is 25.4 Å². The third kappa shape index (κ3) is 4.51. The lowest BCUT2D eigenvalue weighted by molar-refractivity contribution is 0.174. The molecule has 2 heterocycles. The molecule has 0 saturated heterocycles. The summed E-state index contributed by atoms with van der Waals surface area (Å²) < 4.78 is 10.7. The number of hydrogen-bond donors (Lipinski definition) is 3. The van der Waals surface area contributed by atoms with Crippen molar-refractivity contribution in [2.75, 3.05) is 17.4 Å². The van der Waals surface area contributed by atoms with Crippen LogP contribution in [0.3, 0.4) is 0 Å². The van der Waals surface area contributed by atoms with Crippen molar-refractivity contribution < 1.29 is 9.47 Å². The third-order valence-electron chi connectivity index (χ3n) is 4.93. The molecule has 0 spiro atoms. The molecule has 4 aromatic rings. The fourth-order valence-corrected chi connectivity index (χ4v) is 3.56. The zero-order chi connectivity index (χ0) is 21.0. The molecule has 5 rings (SSSR count). The summed E-state index contributed by atoms with van der Waals surface area (Å²) in [5.41, 5.74) is 2.86. The van der Waals surface area contributed by atoms with Gasteiger partial charge in [-0.15, -0.1) is 0 Å². The van der Waals surface area contributed by atoms with Crippen LogP contribution >= 0.6 is 12.2 Å². The van der Waals surface area contributed by atoms with E-state index >= 15 is 0 Å². The van der Waals surface area contributed by atoms with E-state index in [0.29, 0.717) is 11.7 Å². The number of aromatic nitrogens is 1. The van der Waals surface area contributed by atoms with E-state index in [-0.39, 0.29) is 6.79 Å². The van der Waals surface area contributed by atoms with Gasteiger partial charge in [0.05, 0.1) is 11.9 Å². The molecule has 0 radical (unpaired) electrons. The molecule has 0 saturated carbocycles. The molecule has 1 aliphatic heterocycles. The second-order valence-corrected chi connectivity index (χ2v) is 7.52. The molecule has 3 N–H and O–H groups in total. The molecule has 0 atom stereocenters. The summed E-state index contributed by atoms with van der Waals surface area (Å²) in [6, 6.07) is 24.2. The average Bonchev–Trinajstić information content (AvgIpc) is 3.27. The first-order valence-electron chi connectivity index (χ1n) is 9.88. The van der Waals surface area contributed by atoms with Crippen LogP contribution in [0.25, 0.3) is 10.8 Å². The maximum Gasteiger partial charge on any atom is 0.231 e. The van der Waals surface area contributed by atoms with Crippen LogP contribution in [0.5, 0.6) is 11.5 Å². The van der Waals surface area contributed by atoms with Gasteiger partial charge in [0.1, 0.15) is 5.82 Å². The molecule has 7 heteroatoms. The lowest BCUT2D eigenvalue weighted by Crippen LogP contribution is -2.27. The minimum atomic E-state index is 0.269. The first kappa shape index (κ1) is 19.1. The Morgan fingerprint density at radius 2 is 1.71 bits per heavy atom. The van der Waals surface area contributed by atoms with Crippen LogP contribution in [-0.4, -0.2) is 16.9 Å². The van der Waals surface area contributed by atoms with Gasteiger partial charge in [0.15, 0.2) is 16.6 Å². The Labute approximate surface area is 185 Å². The molecule has 31 heavy (non-hydrogen) atoms. The van der Waals surface area contributed by atoms with Crippen molar-refractivity contribution in [3.8, 4) is 11.5 Å². The monoisotopic (exact) mass is 428 g/mol. The van der Waals surface area contributed by atoms with E-state index in [1.807, 2.05) is 48.5 Å². The number of hydrogen-bond acceptors (Lipinski definition) is 5. The fourth-order valence-electron chi connectivity index (χ4n) is 3.37. The van der Waals surface area contributed by atoms with Gasteiger partial charge in [-0.05, 0) is 65.0 Å². The molecule has 0 unspecified atom stereocenters. The molecular formula is C24H20N4O2S. The maximum atomic E-state index is 5.40. The highest BCUT2D eigenvalue weighted by atomic mass is 32.1. The SMILES string of the molecule is S=C(NCc1ccc2c(c1)OCO2)Nc1ccc(Nc2ccc3ccccc3c2)nc1. The molecule has 0 bridgehead atoms. The summed E-state index contributed by atoms with van der Waals surface area (Å²) in [5.74, 6) is 2.30. The molecule has 154 valence electrons. The molecule has 3 aromatic carbocycles. The van der Waals surface area contributed by atoms with Crippen molar-refractivity contribution in [1.82, 2.24) is 10.3 Å². The number of nitrogens with zero attached hydrogens (tertiary/aromatic N) is 1. The Hall–Kier alpha value is -3.84. The normalized spacial score (nSPS) is 11.9. The van der Waals surface area contributed by atoms with E-state index < -0.39 is 0 Å². The van der Waals surface area contributed by atoms with E-state index in [9.17, 15) is 0 Å². The lowest BCUT2D eigenvalue weighted by Gasteiger charge is -2.12. The number of fused-ring (bicyclic) bond motifs is 2. The minimum Gasteiger partial charge on any atom is -0.454 e. The van der Waals surface area contributed by atoms with Crippen LogP contribution in [-0.2, 0) is 6.54 Å². The largest absolute Gasteiger partial charge is 0.454 e. The molecule has 0 fully saturated rings. The summed E-state index contributed by atoms with van der Waals surface area (Å²) in [6.07, 6.45) is 1.75. The van der Waals surface area contributed by atoms with Crippen molar-refractivity contribution in [3.63, 3.8) is 0 Å². The quantitative estimate of drug-likeness (QED) is 0.378. The van der Waals surface area contributed by atoms with Gasteiger partial charge in [0, 0.05) is 12.2 Å².